The van der Waals surface area contributed by atoms with E-state index in [9.17, 15) is 8.42 Å². The van der Waals surface area contributed by atoms with Gasteiger partial charge < -0.3 is 9.47 Å². The molecule has 2 rings (SSSR count). The molecule has 0 unspecified atom stereocenters. The van der Waals surface area contributed by atoms with Crippen LogP contribution >= 0.6 is 0 Å². The van der Waals surface area contributed by atoms with Crippen LogP contribution in [0.4, 0.5) is 0 Å². The van der Waals surface area contributed by atoms with E-state index in [-0.39, 0.29) is 4.90 Å². The minimum atomic E-state index is -3.62. The Hall–Kier alpha value is -2.05. The highest BCUT2D eigenvalue weighted by atomic mass is 32.2. The predicted molar refractivity (Wildman–Crippen MR) is 98.7 cm³/mol. The van der Waals surface area contributed by atoms with Crippen LogP contribution in [-0.4, -0.2) is 34.0 Å². The van der Waals surface area contributed by atoms with Gasteiger partial charge in [0, 0.05) is 19.7 Å². The van der Waals surface area contributed by atoms with Gasteiger partial charge in [-0.1, -0.05) is 38.1 Å². The van der Waals surface area contributed by atoms with Crippen molar-refractivity contribution in [3.8, 4) is 11.5 Å². The maximum absolute atomic E-state index is 12.8. The van der Waals surface area contributed by atoms with Crippen molar-refractivity contribution in [2.75, 3.05) is 21.3 Å². The molecule has 0 aromatic heterocycles. The number of rotatable bonds is 7. The van der Waals surface area contributed by atoms with Crippen molar-refractivity contribution in [3.05, 3.63) is 53.6 Å². The number of hydrogen-bond acceptors (Lipinski definition) is 4. The molecule has 0 saturated carbocycles. The molecule has 0 N–H and O–H groups in total. The van der Waals surface area contributed by atoms with Crippen LogP contribution in [0.1, 0.15) is 30.9 Å². The molecule has 0 saturated heterocycles. The molecule has 6 heteroatoms. The van der Waals surface area contributed by atoms with Crippen molar-refractivity contribution in [1.82, 2.24) is 4.31 Å². The molecule has 0 aliphatic heterocycles. The Morgan fingerprint density at radius 1 is 0.960 bits per heavy atom. The molecule has 0 heterocycles. The Kier molecular flexibility index (Phi) is 6.08. The summed E-state index contributed by atoms with van der Waals surface area (Å²) in [5.74, 6) is 1.33. The first kappa shape index (κ1) is 19.3. The van der Waals surface area contributed by atoms with Gasteiger partial charge in [-0.2, -0.15) is 4.31 Å². The van der Waals surface area contributed by atoms with Crippen LogP contribution < -0.4 is 9.47 Å². The summed E-state index contributed by atoms with van der Waals surface area (Å²) in [5, 5.41) is 0. The molecule has 136 valence electrons. The summed E-state index contributed by atoms with van der Waals surface area (Å²) in [6, 6.07) is 12.6. The molecule has 0 amide bonds. The van der Waals surface area contributed by atoms with E-state index < -0.39 is 10.0 Å². The second-order valence-electron chi connectivity index (χ2n) is 6.17. The van der Waals surface area contributed by atoms with Gasteiger partial charge in [-0.3, -0.25) is 0 Å². The lowest BCUT2D eigenvalue weighted by Crippen LogP contribution is -2.26. The van der Waals surface area contributed by atoms with Crippen LogP contribution in [0.25, 0.3) is 0 Å². The van der Waals surface area contributed by atoms with Gasteiger partial charge in [0.25, 0.3) is 0 Å². The van der Waals surface area contributed by atoms with E-state index in [0.29, 0.717) is 24.0 Å². The molecular weight excluding hydrogens is 338 g/mol. The predicted octanol–water partition coefficient (Wildman–Crippen LogP) is 3.65. The third kappa shape index (κ3) is 4.32. The zero-order chi connectivity index (χ0) is 18.6. The Morgan fingerprint density at radius 3 is 2.08 bits per heavy atom. The highest BCUT2D eigenvalue weighted by Crippen LogP contribution is 2.30. The molecule has 2 aromatic carbocycles. The molecule has 2 aromatic rings. The molecular formula is C19H25NO4S. The average Bonchev–Trinajstić information content (AvgIpc) is 2.61. The zero-order valence-electron chi connectivity index (χ0n) is 15.3. The van der Waals surface area contributed by atoms with Crippen molar-refractivity contribution in [1.29, 1.82) is 0 Å². The molecule has 0 spiro atoms. The van der Waals surface area contributed by atoms with Crippen LogP contribution in [0.15, 0.2) is 47.4 Å². The third-order valence-corrected chi connectivity index (χ3v) is 5.91. The standard InChI is InChI=1S/C19H25NO4S/c1-14(2)16-8-6-15(7-9-16)13-20(3)25(21,22)17-10-11-18(23-4)19(12-17)24-5/h6-12,14H,13H2,1-5H3. The lowest BCUT2D eigenvalue weighted by molar-refractivity contribution is 0.353. The number of benzene rings is 2. The van der Waals surface area contributed by atoms with Gasteiger partial charge in [-0.25, -0.2) is 8.42 Å². The second-order valence-corrected chi connectivity index (χ2v) is 8.22. The maximum atomic E-state index is 12.8. The number of sulfonamides is 1. The van der Waals surface area contributed by atoms with Crippen LogP contribution in [0, 0.1) is 0 Å². The summed E-state index contributed by atoms with van der Waals surface area (Å²) in [6.07, 6.45) is 0. The number of hydrogen-bond donors (Lipinski definition) is 0. The van der Waals surface area contributed by atoms with E-state index >= 15 is 0 Å². The van der Waals surface area contributed by atoms with Gasteiger partial charge in [0.1, 0.15) is 0 Å². The van der Waals surface area contributed by atoms with E-state index in [1.165, 1.54) is 36.2 Å². The van der Waals surface area contributed by atoms with Crippen LogP contribution in [-0.2, 0) is 16.6 Å². The summed E-state index contributed by atoms with van der Waals surface area (Å²) in [4.78, 5) is 0.173. The molecule has 0 atom stereocenters. The summed E-state index contributed by atoms with van der Waals surface area (Å²) in [6.45, 7) is 4.56. The van der Waals surface area contributed by atoms with Crippen LogP contribution in [0.2, 0.25) is 0 Å². The Labute approximate surface area is 150 Å². The summed E-state index contributed by atoms with van der Waals surface area (Å²) in [7, 11) is 0.942. The first-order chi connectivity index (χ1) is 11.8. The minimum Gasteiger partial charge on any atom is -0.493 e. The minimum absolute atomic E-state index is 0.173. The van der Waals surface area contributed by atoms with Crippen molar-refractivity contribution in [2.24, 2.45) is 0 Å². The molecule has 0 aliphatic carbocycles. The molecule has 0 bridgehead atoms. The van der Waals surface area contributed by atoms with Gasteiger partial charge in [0.15, 0.2) is 11.5 Å². The van der Waals surface area contributed by atoms with Crippen molar-refractivity contribution in [2.45, 2.75) is 31.2 Å². The fourth-order valence-electron chi connectivity index (χ4n) is 2.51. The highest BCUT2D eigenvalue weighted by Gasteiger charge is 2.22. The summed E-state index contributed by atoms with van der Waals surface area (Å²) in [5.41, 5.74) is 2.17. The van der Waals surface area contributed by atoms with E-state index in [1.807, 2.05) is 24.3 Å². The first-order valence-electron chi connectivity index (χ1n) is 8.06. The molecule has 0 aliphatic rings. The van der Waals surface area contributed by atoms with Crippen molar-refractivity contribution in [3.63, 3.8) is 0 Å². The van der Waals surface area contributed by atoms with Crippen LogP contribution in [0.5, 0.6) is 11.5 Å². The number of methoxy groups -OCH3 is 2. The van der Waals surface area contributed by atoms with E-state index in [4.69, 9.17) is 9.47 Å². The van der Waals surface area contributed by atoms with Gasteiger partial charge in [0.2, 0.25) is 10.0 Å². The monoisotopic (exact) mass is 363 g/mol. The normalized spacial score (nSPS) is 11.8. The Balaban J connectivity index is 2.23. The Morgan fingerprint density at radius 2 is 1.56 bits per heavy atom. The Bertz CT molecular complexity index is 814. The van der Waals surface area contributed by atoms with Gasteiger partial charge in [-0.15, -0.1) is 0 Å². The molecule has 25 heavy (non-hydrogen) atoms. The van der Waals surface area contributed by atoms with Crippen molar-refractivity contribution >= 4 is 10.0 Å². The lowest BCUT2D eigenvalue weighted by Gasteiger charge is -2.18. The third-order valence-electron chi connectivity index (χ3n) is 4.11. The smallest absolute Gasteiger partial charge is 0.243 e. The summed E-state index contributed by atoms with van der Waals surface area (Å²) < 4.78 is 37.3. The van der Waals surface area contributed by atoms with Crippen molar-refractivity contribution < 1.29 is 17.9 Å². The fraction of sp³-hybridized carbons (Fsp3) is 0.368. The average molecular weight is 363 g/mol. The zero-order valence-corrected chi connectivity index (χ0v) is 16.1. The van der Waals surface area contributed by atoms with Gasteiger partial charge in [0.05, 0.1) is 19.1 Å². The number of ether oxygens (including phenoxy) is 2. The maximum Gasteiger partial charge on any atom is 0.243 e. The topological polar surface area (TPSA) is 55.8 Å². The van der Waals surface area contributed by atoms with Gasteiger partial charge >= 0.3 is 0 Å². The molecule has 5 nitrogen and oxygen atoms in total. The molecule has 0 radical (unpaired) electrons. The first-order valence-corrected chi connectivity index (χ1v) is 9.50. The second kappa shape index (κ2) is 7.89. The van der Waals surface area contributed by atoms with E-state index in [1.54, 1.807) is 13.1 Å². The van der Waals surface area contributed by atoms with Gasteiger partial charge in [-0.05, 0) is 29.2 Å². The van der Waals surface area contributed by atoms with E-state index in [2.05, 4.69) is 13.8 Å². The van der Waals surface area contributed by atoms with E-state index in [0.717, 1.165) is 5.56 Å². The quantitative estimate of drug-likeness (QED) is 0.753. The molecule has 0 fully saturated rings. The van der Waals surface area contributed by atoms with Crippen LogP contribution in [0.3, 0.4) is 0 Å². The number of nitrogens with zero attached hydrogens (tertiary/aromatic N) is 1. The highest BCUT2D eigenvalue weighted by molar-refractivity contribution is 7.89. The fourth-order valence-corrected chi connectivity index (χ4v) is 3.68. The largest absolute Gasteiger partial charge is 0.493 e. The summed E-state index contributed by atoms with van der Waals surface area (Å²) >= 11 is 0. The SMILES string of the molecule is COc1ccc(S(=O)(=O)N(C)Cc2ccc(C(C)C)cc2)cc1OC. The lowest BCUT2D eigenvalue weighted by atomic mass is 10.0.